The highest BCUT2D eigenvalue weighted by Gasteiger charge is 2.18. The number of hydrogen-bond acceptors (Lipinski definition) is 7. The quantitative estimate of drug-likeness (QED) is 0.310. The molecule has 162 valence electrons. The molecule has 0 aliphatic carbocycles. The second-order valence-electron chi connectivity index (χ2n) is 6.84. The lowest BCUT2D eigenvalue weighted by Crippen LogP contribution is -2.19. The highest BCUT2D eigenvalue weighted by molar-refractivity contribution is 8.01. The zero-order valence-corrected chi connectivity index (χ0v) is 18.7. The summed E-state index contributed by atoms with van der Waals surface area (Å²) >= 11 is 2.71. The van der Waals surface area contributed by atoms with E-state index in [1.54, 1.807) is 36.4 Å². The lowest BCUT2D eigenvalue weighted by atomic mass is 10.1. The highest BCUT2D eigenvalue weighted by Crippen LogP contribution is 2.33. The number of nitrogens with zero attached hydrogens (tertiary/aromatic N) is 1. The van der Waals surface area contributed by atoms with Crippen LogP contribution >= 0.6 is 23.1 Å². The van der Waals surface area contributed by atoms with Crippen molar-refractivity contribution in [1.29, 1.82) is 0 Å². The minimum Gasteiger partial charge on any atom is -0.422 e. The lowest BCUT2D eigenvalue weighted by Gasteiger charge is -2.07. The van der Waals surface area contributed by atoms with E-state index < -0.39 is 11.5 Å². The summed E-state index contributed by atoms with van der Waals surface area (Å²) in [5.41, 5.74) is 7.04. The molecule has 0 fully saturated rings. The number of primary amides is 1. The van der Waals surface area contributed by atoms with Gasteiger partial charge in [0.15, 0.2) is 4.34 Å². The molecule has 0 spiro atoms. The van der Waals surface area contributed by atoms with Gasteiger partial charge in [-0.3, -0.25) is 9.59 Å². The Kier molecular flexibility index (Phi) is 6.38. The molecule has 0 saturated carbocycles. The van der Waals surface area contributed by atoms with Crippen molar-refractivity contribution < 1.29 is 14.0 Å². The molecule has 4 aromatic rings. The van der Waals surface area contributed by atoms with Gasteiger partial charge in [-0.25, -0.2) is 9.78 Å². The van der Waals surface area contributed by atoms with Gasteiger partial charge in [0.2, 0.25) is 5.91 Å². The number of thioether (sulfide) groups is 1. The van der Waals surface area contributed by atoms with Gasteiger partial charge in [0, 0.05) is 10.3 Å². The number of nitrogens with two attached hydrogens (primary N) is 1. The molecule has 2 amide bonds. The lowest BCUT2D eigenvalue weighted by molar-refractivity contribution is -0.113. The van der Waals surface area contributed by atoms with E-state index >= 15 is 0 Å². The van der Waals surface area contributed by atoms with Gasteiger partial charge >= 0.3 is 5.63 Å². The maximum atomic E-state index is 12.6. The first kappa shape index (κ1) is 21.8. The van der Waals surface area contributed by atoms with Crippen molar-refractivity contribution in [3.05, 3.63) is 75.5 Å². The first-order valence-electron chi connectivity index (χ1n) is 9.80. The topological polar surface area (TPSA) is 115 Å². The average molecular weight is 466 g/mol. The van der Waals surface area contributed by atoms with Crippen molar-refractivity contribution in [1.82, 2.24) is 4.98 Å². The average Bonchev–Trinajstić information content (AvgIpc) is 3.20. The number of fused-ring (bicyclic) bond motifs is 1. The zero-order chi connectivity index (χ0) is 22.7. The molecule has 2 aromatic carbocycles. The normalized spacial score (nSPS) is 10.9. The Morgan fingerprint density at radius 2 is 1.91 bits per heavy atom. The van der Waals surface area contributed by atoms with Gasteiger partial charge in [-0.05, 0) is 30.7 Å². The van der Waals surface area contributed by atoms with Gasteiger partial charge in [-0.15, -0.1) is 11.3 Å². The molecule has 3 N–H and O–H groups in total. The SMILES string of the molecule is CCc1sc(SCC(=O)Nc2ccccc2C(N)=O)nc1-c1cc2ccccc2oc1=O. The van der Waals surface area contributed by atoms with Crippen LogP contribution in [0.2, 0.25) is 0 Å². The summed E-state index contributed by atoms with van der Waals surface area (Å²) in [7, 11) is 0. The smallest absolute Gasteiger partial charge is 0.345 e. The summed E-state index contributed by atoms with van der Waals surface area (Å²) in [6.45, 7) is 1.99. The Morgan fingerprint density at radius 1 is 1.16 bits per heavy atom. The number of aryl methyl sites for hydroxylation is 1. The Labute approximate surface area is 191 Å². The third kappa shape index (κ3) is 4.58. The van der Waals surface area contributed by atoms with E-state index in [1.807, 2.05) is 25.1 Å². The highest BCUT2D eigenvalue weighted by atomic mass is 32.2. The third-order valence-corrected chi connectivity index (χ3v) is 7.03. The van der Waals surface area contributed by atoms with Crippen molar-refractivity contribution >= 4 is 51.6 Å². The first-order valence-corrected chi connectivity index (χ1v) is 11.6. The van der Waals surface area contributed by atoms with E-state index in [0.717, 1.165) is 10.3 Å². The van der Waals surface area contributed by atoms with Gasteiger partial charge in [0.05, 0.1) is 28.3 Å². The summed E-state index contributed by atoms with van der Waals surface area (Å²) in [5.74, 6) is -0.807. The fourth-order valence-corrected chi connectivity index (χ4v) is 5.13. The number of anilines is 1. The molecule has 0 unspecified atom stereocenters. The van der Waals surface area contributed by atoms with Crippen LogP contribution in [-0.4, -0.2) is 22.6 Å². The maximum Gasteiger partial charge on any atom is 0.345 e. The number of benzene rings is 2. The van der Waals surface area contributed by atoms with Gasteiger partial charge in [-0.2, -0.15) is 0 Å². The van der Waals surface area contributed by atoms with Crippen LogP contribution < -0.4 is 16.7 Å². The summed E-state index contributed by atoms with van der Waals surface area (Å²) in [6, 6.07) is 15.7. The van der Waals surface area contributed by atoms with Gasteiger partial charge in [-0.1, -0.05) is 49.0 Å². The number of rotatable bonds is 7. The van der Waals surface area contributed by atoms with E-state index in [0.29, 0.717) is 33.3 Å². The molecule has 0 saturated heterocycles. The molecule has 0 radical (unpaired) electrons. The summed E-state index contributed by atoms with van der Waals surface area (Å²) in [6.07, 6.45) is 0.692. The minimum atomic E-state index is -0.611. The summed E-state index contributed by atoms with van der Waals surface area (Å²) in [5, 5.41) is 3.53. The number of aromatic nitrogens is 1. The molecule has 0 atom stereocenters. The number of hydrogen-bond donors (Lipinski definition) is 2. The van der Waals surface area contributed by atoms with E-state index in [1.165, 1.54) is 23.1 Å². The van der Waals surface area contributed by atoms with Crippen LogP contribution in [0.4, 0.5) is 5.69 Å². The molecular weight excluding hydrogens is 446 g/mol. The van der Waals surface area contributed by atoms with Crippen LogP contribution in [0.5, 0.6) is 0 Å². The predicted molar refractivity (Wildman–Crippen MR) is 127 cm³/mol. The monoisotopic (exact) mass is 465 g/mol. The number of para-hydroxylation sites is 2. The van der Waals surface area contributed by atoms with E-state index in [2.05, 4.69) is 10.3 Å². The van der Waals surface area contributed by atoms with Crippen LogP contribution in [0.3, 0.4) is 0 Å². The van der Waals surface area contributed by atoms with Crippen LogP contribution in [0.25, 0.3) is 22.2 Å². The standard InChI is InChI=1S/C23H19N3O4S2/c1-2-18-20(15-11-13-7-3-6-10-17(13)30-22(15)29)26-23(32-18)31-12-19(27)25-16-9-5-4-8-14(16)21(24)28/h3-11H,2,12H2,1H3,(H2,24,28)(H,25,27). The minimum absolute atomic E-state index is 0.0928. The fourth-order valence-electron chi connectivity index (χ4n) is 3.19. The molecular formula is C23H19N3O4S2. The number of nitrogens with one attached hydrogen (secondary N) is 1. The van der Waals surface area contributed by atoms with Gasteiger partial charge in [0.25, 0.3) is 5.91 Å². The summed E-state index contributed by atoms with van der Waals surface area (Å²) in [4.78, 5) is 42.1. The van der Waals surface area contributed by atoms with Crippen LogP contribution in [-0.2, 0) is 11.2 Å². The van der Waals surface area contributed by atoms with Crippen molar-refractivity contribution in [3.8, 4) is 11.3 Å². The number of thiazole rings is 1. The first-order chi connectivity index (χ1) is 15.5. The molecule has 0 bridgehead atoms. The molecule has 2 aromatic heterocycles. The Bertz CT molecular complexity index is 1380. The molecule has 7 nitrogen and oxygen atoms in total. The molecule has 32 heavy (non-hydrogen) atoms. The van der Waals surface area contributed by atoms with Crippen LogP contribution in [0.15, 0.2) is 68.1 Å². The third-order valence-electron chi connectivity index (χ3n) is 4.69. The van der Waals surface area contributed by atoms with Crippen LogP contribution in [0, 0.1) is 0 Å². The Morgan fingerprint density at radius 3 is 2.69 bits per heavy atom. The second kappa shape index (κ2) is 9.37. The van der Waals surface area contributed by atoms with Crippen molar-refractivity contribution in [3.63, 3.8) is 0 Å². The van der Waals surface area contributed by atoms with E-state index in [9.17, 15) is 14.4 Å². The van der Waals surface area contributed by atoms with Crippen LogP contribution in [0.1, 0.15) is 22.2 Å². The van der Waals surface area contributed by atoms with Crippen molar-refractivity contribution in [2.75, 3.05) is 11.1 Å². The van der Waals surface area contributed by atoms with Gasteiger partial charge < -0.3 is 15.5 Å². The van der Waals surface area contributed by atoms with Gasteiger partial charge in [0.1, 0.15) is 5.58 Å². The zero-order valence-electron chi connectivity index (χ0n) is 17.1. The predicted octanol–water partition coefficient (Wildman–Crippen LogP) is 4.31. The maximum absolute atomic E-state index is 12.6. The largest absolute Gasteiger partial charge is 0.422 e. The number of carbonyl (C=O) groups is 2. The van der Waals surface area contributed by atoms with E-state index in [-0.39, 0.29) is 17.2 Å². The van der Waals surface area contributed by atoms with Crippen molar-refractivity contribution in [2.24, 2.45) is 5.73 Å². The fraction of sp³-hybridized carbons (Fsp3) is 0.130. The summed E-state index contributed by atoms with van der Waals surface area (Å²) < 4.78 is 6.12. The number of carbonyl (C=O) groups excluding carboxylic acids is 2. The molecule has 4 rings (SSSR count). The van der Waals surface area contributed by atoms with Crippen molar-refractivity contribution in [2.45, 2.75) is 17.7 Å². The Balaban J connectivity index is 1.53. The Hall–Kier alpha value is -3.43. The number of amides is 2. The second-order valence-corrected chi connectivity index (χ2v) is 9.14. The molecule has 2 heterocycles. The molecule has 0 aliphatic rings. The van der Waals surface area contributed by atoms with E-state index in [4.69, 9.17) is 10.2 Å². The molecule has 0 aliphatic heterocycles. The molecule has 9 heteroatoms.